The number of carbonyl (C=O) groups excluding carboxylic acids is 1. The number of aliphatic carboxylic acids is 2. The lowest BCUT2D eigenvalue weighted by molar-refractivity contribution is -0.870. The van der Waals surface area contributed by atoms with Crippen LogP contribution < -0.4 is 15.2 Å². The lowest BCUT2D eigenvalue weighted by Gasteiger charge is -2.21. The van der Waals surface area contributed by atoms with Gasteiger partial charge < -0.3 is 39.1 Å². The summed E-state index contributed by atoms with van der Waals surface area (Å²) < 4.78 is 15.7. The Morgan fingerprint density at radius 2 is 1.80 bits per heavy atom. The van der Waals surface area contributed by atoms with Crippen LogP contribution >= 0.6 is 30.8 Å². The zero-order chi connectivity index (χ0) is 24.0. The predicted octanol–water partition coefficient (Wildman–Crippen LogP) is -0.397. The molecule has 0 aromatic heterocycles. The van der Waals surface area contributed by atoms with Gasteiger partial charge in [-0.25, -0.2) is 0 Å². The predicted molar refractivity (Wildman–Crippen MR) is 109 cm³/mol. The van der Waals surface area contributed by atoms with Crippen molar-refractivity contribution in [1.82, 2.24) is 5.32 Å². The Kier molecular flexibility index (Phi) is 15.8. The maximum absolute atomic E-state index is 10.1. The molecule has 0 aliphatic carbocycles. The molecule has 11 nitrogen and oxygen atoms in total. The van der Waals surface area contributed by atoms with Crippen LogP contribution in [0.1, 0.15) is 0 Å². The van der Waals surface area contributed by atoms with Crippen LogP contribution in [0.15, 0.2) is 18.2 Å². The lowest BCUT2D eigenvalue weighted by atomic mass is 10.3. The molecule has 1 aromatic carbocycles. The quantitative estimate of drug-likeness (QED) is 0.225. The number of carboxylic acids is 2. The summed E-state index contributed by atoms with van der Waals surface area (Å²) in [4.78, 5) is 36.2. The third kappa shape index (κ3) is 22.9. The molecule has 5 N–H and O–H groups in total. The van der Waals surface area contributed by atoms with E-state index >= 15 is 0 Å². The first-order valence-electron chi connectivity index (χ1n) is 8.23. The normalized spacial score (nSPS) is 10.8. The van der Waals surface area contributed by atoms with E-state index in [-0.39, 0.29) is 17.4 Å². The number of carbonyl (C=O) groups is 2. The second-order valence-corrected chi connectivity index (χ2v) is 9.11. The van der Waals surface area contributed by atoms with E-state index in [4.69, 9.17) is 47.9 Å². The number of rotatable bonds is 9. The van der Waals surface area contributed by atoms with E-state index in [0.717, 1.165) is 11.0 Å². The zero-order valence-corrected chi connectivity index (χ0v) is 19.2. The fourth-order valence-corrected chi connectivity index (χ4v) is 2.20. The number of hydrogen-bond acceptors (Lipinski definition) is 7. The Labute approximate surface area is 184 Å². The average molecular weight is 493 g/mol. The number of carboxylic acid groups (broad SMARTS) is 2. The van der Waals surface area contributed by atoms with Crippen LogP contribution in [0.25, 0.3) is 0 Å². The first-order chi connectivity index (χ1) is 13.6. The number of likely N-dealkylation sites (N-methyl/N-ethyl adjacent to an activating group) is 1. The number of ether oxygens (including phenoxy) is 1. The van der Waals surface area contributed by atoms with Crippen LogP contribution in [0.4, 0.5) is 0 Å². The molecule has 14 heteroatoms. The van der Waals surface area contributed by atoms with E-state index in [1.54, 1.807) is 6.07 Å². The Morgan fingerprint density at radius 3 is 2.13 bits per heavy atom. The van der Waals surface area contributed by atoms with Gasteiger partial charge in [0.1, 0.15) is 18.9 Å². The molecule has 0 bridgehead atoms. The average Bonchev–Trinajstić information content (AvgIpc) is 2.52. The Balaban J connectivity index is 0. The van der Waals surface area contributed by atoms with Gasteiger partial charge in [0.05, 0.1) is 51.6 Å². The van der Waals surface area contributed by atoms with E-state index in [2.05, 4.69) is 26.5 Å². The van der Waals surface area contributed by atoms with Crippen LogP contribution in [-0.2, 0) is 14.2 Å². The summed E-state index contributed by atoms with van der Waals surface area (Å²) in [7, 11) is 2.06. The largest absolute Gasteiger partial charge is 0.546 e. The first kappa shape index (κ1) is 30.8. The molecule has 0 spiro atoms. The molecule has 30 heavy (non-hydrogen) atoms. The SMILES string of the molecule is C[N+](C)(C)CCO.O=C(O)CNCP(=O)(O)O.O=C([O-])COc1ccc(Cl)cc1Cl. The van der Waals surface area contributed by atoms with Gasteiger partial charge in [0.15, 0.2) is 0 Å². The highest BCUT2D eigenvalue weighted by molar-refractivity contribution is 7.51. The van der Waals surface area contributed by atoms with Crippen molar-refractivity contribution in [3.8, 4) is 5.75 Å². The van der Waals surface area contributed by atoms with Crippen molar-refractivity contribution in [2.45, 2.75) is 0 Å². The summed E-state index contributed by atoms with van der Waals surface area (Å²) in [5.74, 6) is -2.17. The fourth-order valence-electron chi connectivity index (χ4n) is 1.34. The molecule has 0 atom stereocenters. The minimum absolute atomic E-state index is 0.272. The molecule has 1 rings (SSSR count). The monoisotopic (exact) mass is 492 g/mol. The van der Waals surface area contributed by atoms with Crippen molar-refractivity contribution in [3.63, 3.8) is 0 Å². The molecule has 0 radical (unpaired) electrons. The van der Waals surface area contributed by atoms with Gasteiger partial charge in [-0.1, -0.05) is 23.2 Å². The topological polar surface area (TPSA) is 176 Å². The van der Waals surface area contributed by atoms with Crippen molar-refractivity contribution < 1.29 is 48.5 Å². The Hall–Kier alpha value is -1.43. The van der Waals surface area contributed by atoms with E-state index in [1.165, 1.54) is 12.1 Å². The maximum atomic E-state index is 10.1. The smallest absolute Gasteiger partial charge is 0.339 e. The maximum Gasteiger partial charge on any atom is 0.339 e. The molecule has 0 saturated heterocycles. The molecule has 174 valence electrons. The molecular weight excluding hydrogens is 466 g/mol. The first-order valence-corrected chi connectivity index (χ1v) is 10.8. The second-order valence-electron chi connectivity index (χ2n) is 6.62. The summed E-state index contributed by atoms with van der Waals surface area (Å²) in [6.07, 6.45) is -0.598. The van der Waals surface area contributed by atoms with Crippen LogP contribution in [0.5, 0.6) is 5.75 Å². The van der Waals surface area contributed by atoms with E-state index in [9.17, 15) is 19.3 Å². The standard InChI is InChI=1S/C8H6Cl2O3.C5H14NO.C3H8NO5P/c9-5-1-2-7(6(10)3-5)13-4-8(11)12;1-6(2,3)4-5-7;5-3(6)1-4-2-10(7,8)9/h1-3H,4H2,(H,11,12);7H,4-5H2,1-3H3;4H,1-2H2,(H,5,6)(H2,7,8,9)/q;+1;/p-1. The van der Waals surface area contributed by atoms with Gasteiger partial charge in [0.25, 0.3) is 0 Å². The number of hydrogen-bond donors (Lipinski definition) is 5. The van der Waals surface area contributed by atoms with Crippen LogP contribution in [0, 0.1) is 0 Å². The number of halogens is 2. The zero-order valence-electron chi connectivity index (χ0n) is 16.7. The van der Waals surface area contributed by atoms with Gasteiger partial charge in [-0.15, -0.1) is 0 Å². The van der Waals surface area contributed by atoms with Gasteiger partial charge in [-0.3, -0.25) is 14.7 Å². The summed E-state index contributed by atoms with van der Waals surface area (Å²) in [6.45, 7) is 0.149. The molecule has 0 amide bonds. The van der Waals surface area contributed by atoms with Crippen LogP contribution in [0.2, 0.25) is 10.0 Å². The van der Waals surface area contributed by atoms with Crippen molar-refractivity contribution in [3.05, 3.63) is 28.2 Å². The molecule has 0 fully saturated rings. The third-order valence-electron chi connectivity index (χ3n) is 2.60. The van der Waals surface area contributed by atoms with Crippen molar-refractivity contribution in [2.75, 3.05) is 53.7 Å². The highest BCUT2D eigenvalue weighted by Gasteiger charge is 2.11. The third-order valence-corrected chi connectivity index (χ3v) is 3.77. The Morgan fingerprint density at radius 1 is 1.23 bits per heavy atom. The minimum Gasteiger partial charge on any atom is -0.546 e. The van der Waals surface area contributed by atoms with Crippen molar-refractivity contribution in [2.24, 2.45) is 0 Å². The highest BCUT2D eigenvalue weighted by Crippen LogP contribution is 2.31. The van der Waals surface area contributed by atoms with Gasteiger partial charge in [-0.2, -0.15) is 0 Å². The van der Waals surface area contributed by atoms with Gasteiger partial charge in [0.2, 0.25) is 0 Å². The summed E-state index contributed by atoms with van der Waals surface area (Å²) >= 11 is 11.3. The summed E-state index contributed by atoms with van der Waals surface area (Å²) in [6, 6.07) is 4.51. The number of nitrogens with zero attached hydrogens (tertiary/aromatic N) is 1. The lowest BCUT2D eigenvalue weighted by Crippen LogP contribution is -2.36. The number of aliphatic hydroxyl groups excluding tert-OH is 1. The molecule has 0 aliphatic heterocycles. The molecule has 0 saturated carbocycles. The van der Waals surface area contributed by atoms with Gasteiger partial charge >= 0.3 is 13.6 Å². The fraction of sp³-hybridized carbons (Fsp3) is 0.500. The van der Waals surface area contributed by atoms with Crippen molar-refractivity contribution in [1.29, 1.82) is 0 Å². The van der Waals surface area contributed by atoms with E-state index < -0.39 is 39.0 Å². The number of nitrogens with one attached hydrogen (secondary N) is 1. The van der Waals surface area contributed by atoms with Gasteiger partial charge in [-0.05, 0) is 18.2 Å². The molecule has 0 unspecified atom stereocenters. The van der Waals surface area contributed by atoms with E-state index in [0.29, 0.717) is 5.02 Å². The summed E-state index contributed by atoms with van der Waals surface area (Å²) in [5.41, 5.74) is 0. The minimum atomic E-state index is -4.10. The summed E-state index contributed by atoms with van der Waals surface area (Å²) in [5, 5.41) is 29.2. The molecular formula is C16H27Cl2N2O9P. The number of quaternary nitrogens is 1. The van der Waals surface area contributed by atoms with Crippen molar-refractivity contribution >= 4 is 42.7 Å². The molecule has 1 aromatic rings. The van der Waals surface area contributed by atoms with Crippen LogP contribution in [-0.4, -0.2) is 90.2 Å². The second kappa shape index (κ2) is 15.4. The molecule has 0 aliphatic rings. The molecule has 0 heterocycles. The number of benzene rings is 1. The highest BCUT2D eigenvalue weighted by atomic mass is 35.5. The Bertz CT molecular complexity index is 708. The van der Waals surface area contributed by atoms with Gasteiger partial charge in [0, 0.05) is 5.02 Å². The van der Waals surface area contributed by atoms with E-state index in [1.807, 2.05) is 0 Å². The van der Waals surface area contributed by atoms with Crippen LogP contribution in [0.3, 0.4) is 0 Å². The number of aliphatic hydroxyl groups is 1.